The zero-order chi connectivity index (χ0) is 19.1. The Morgan fingerprint density at radius 1 is 0.750 bits per heavy atom. The third-order valence-electron chi connectivity index (χ3n) is 5.43. The molecule has 0 radical (unpaired) electrons. The van der Waals surface area contributed by atoms with Crippen LogP contribution in [0.3, 0.4) is 0 Å². The highest BCUT2D eigenvalue weighted by Gasteiger charge is 2.14. The molecule has 0 saturated carbocycles. The molecule has 0 spiro atoms. The molecule has 2 heteroatoms. The van der Waals surface area contributed by atoms with Gasteiger partial charge in [-0.2, -0.15) is 0 Å². The molecule has 5 rings (SSSR count). The van der Waals surface area contributed by atoms with Crippen LogP contribution in [0.1, 0.15) is 16.7 Å². The summed E-state index contributed by atoms with van der Waals surface area (Å²) in [5.41, 5.74) is 7.23. The van der Waals surface area contributed by atoms with Crippen molar-refractivity contribution in [1.82, 2.24) is 9.55 Å². The Morgan fingerprint density at radius 2 is 1.54 bits per heavy atom. The molecule has 0 atom stereocenters. The molecule has 0 aliphatic rings. The second-order valence-corrected chi connectivity index (χ2v) is 7.51. The van der Waals surface area contributed by atoms with Gasteiger partial charge in [0.05, 0.1) is 11.0 Å². The molecular formula is C26H22N2. The minimum atomic E-state index is 0.800. The van der Waals surface area contributed by atoms with Crippen molar-refractivity contribution in [3.05, 3.63) is 102 Å². The Morgan fingerprint density at radius 3 is 2.39 bits per heavy atom. The molecule has 0 bridgehead atoms. The van der Waals surface area contributed by atoms with Gasteiger partial charge >= 0.3 is 0 Å². The molecule has 28 heavy (non-hydrogen) atoms. The van der Waals surface area contributed by atoms with Crippen LogP contribution in [0.15, 0.2) is 84.9 Å². The number of fused-ring (bicyclic) bond motifs is 2. The van der Waals surface area contributed by atoms with E-state index in [4.69, 9.17) is 4.98 Å². The summed E-state index contributed by atoms with van der Waals surface area (Å²) >= 11 is 0. The van der Waals surface area contributed by atoms with Crippen LogP contribution in [0, 0.1) is 13.8 Å². The van der Waals surface area contributed by atoms with Crippen molar-refractivity contribution in [2.75, 3.05) is 0 Å². The minimum absolute atomic E-state index is 0.800. The van der Waals surface area contributed by atoms with E-state index in [2.05, 4.69) is 103 Å². The molecule has 0 saturated heterocycles. The molecule has 0 N–H and O–H groups in total. The molecule has 0 aliphatic carbocycles. The van der Waals surface area contributed by atoms with Crippen LogP contribution >= 0.6 is 0 Å². The number of hydrogen-bond acceptors (Lipinski definition) is 1. The smallest absolute Gasteiger partial charge is 0.141 e. The van der Waals surface area contributed by atoms with E-state index in [1.807, 2.05) is 0 Å². The summed E-state index contributed by atoms with van der Waals surface area (Å²) in [6.45, 7) is 5.10. The van der Waals surface area contributed by atoms with Crippen LogP contribution in [-0.4, -0.2) is 9.55 Å². The third kappa shape index (κ3) is 2.87. The van der Waals surface area contributed by atoms with Gasteiger partial charge in [0.2, 0.25) is 0 Å². The van der Waals surface area contributed by atoms with Crippen molar-refractivity contribution in [3.63, 3.8) is 0 Å². The highest BCUT2D eigenvalue weighted by molar-refractivity contribution is 5.84. The maximum atomic E-state index is 4.99. The first-order valence-corrected chi connectivity index (χ1v) is 9.69. The van der Waals surface area contributed by atoms with Gasteiger partial charge in [0.1, 0.15) is 5.82 Å². The van der Waals surface area contributed by atoms with Crippen molar-refractivity contribution < 1.29 is 0 Å². The van der Waals surface area contributed by atoms with Gasteiger partial charge in [-0.1, -0.05) is 72.3 Å². The molecule has 0 fully saturated rings. The van der Waals surface area contributed by atoms with Crippen molar-refractivity contribution >= 4 is 21.8 Å². The fourth-order valence-corrected chi connectivity index (χ4v) is 4.03. The summed E-state index contributed by atoms with van der Waals surface area (Å²) in [4.78, 5) is 4.99. The van der Waals surface area contributed by atoms with Gasteiger partial charge in [0.25, 0.3) is 0 Å². The Kier molecular flexibility index (Phi) is 3.98. The van der Waals surface area contributed by atoms with E-state index in [9.17, 15) is 0 Å². The molecule has 0 aliphatic heterocycles. The lowest BCUT2D eigenvalue weighted by Crippen LogP contribution is -2.03. The average molecular weight is 362 g/mol. The Labute approximate surface area is 165 Å². The normalized spacial score (nSPS) is 11.4. The second kappa shape index (κ2) is 6.65. The summed E-state index contributed by atoms with van der Waals surface area (Å²) < 4.78 is 2.34. The molecule has 4 aromatic carbocycles. The van der Waals surface area contributed by atoms with Gasteiger partial charge in [-0.3, -0.25) is 0 Å². The predicted octanol–water partition coefficient (Wildman–Crippen LogP) is 6.52. The first kappa shape index (κ1) is 16.8. The van der Waals surface area contributed by atoms with Gasteiger partial charge in [-0.25, -0.2) is 4.98 Å². The van der Waals surface area contributed by atoms with Crippen LogP contribution in [0.2, 0.25) is 0 Å². The largest absolute Gasteiger partial charge is 0.319 e. The van der Waals surface area contributed by atoms with Crippen LogP contribution in [0.25, 0.3) is 33.2 Å². The summed E-state index contributed by atoms with van der Waals surface area (Å²) in [5.74, 6) is 1.03. The summed E-state index contributed by atoms with van der Waals surface area (Å²) in [5, 5.41) is 2.55. The second-order valence-electron chi connectivity index (χ2n) is 7.51. The third-order valence-corrected chi connectivity index (χ3v) is 5.43. The Hall–Kier alpha value is -3.39. The summed E-state index contributed by atoms with van der Waals surface area (Å²) in [6.07, 6.45) is 0. The van der Waals surface area contributed by atoms with E-state index in [0.29, 0.717) is 0 Å². The fraction of sp³-hybridized carbons (Fsp3) is 0.115. The van der Waals surface area contributed by atoms with Gasteiger partial charge in [0, 0.05) is 12.1 Å². The molecule has 2 nitrogen and oxygen atoms in total. The van der Waals surface area contributed by atoms with Crippen molar-refractivity contribution in [2.24, 2.45) is 0 Å². The summed E-state index contributed by atoms with van der Waals surface area (Å²) in [6, 6.07) is 30.2. The molecular weight excluding hydrogens is 340 g/mol. The van der Waals surface area contributed by atoms with Crippen molar-refractivity contribution in [1.29, 1.82) is 0 Å². The first-order chi connectivity index (χ1) is 13.7. The highest BCUT2D eigenvalue weighted by Crippen LogP contribution is 2.29. The maximum absolute atomic E-state index is 4.99. The van der Waals surface area contributed by atoms with Crippen molar-refractivity contribution in [2.45, 2.75) is 20.4 Å². The van der Waals surface area contributed by atoms with E-state index < -0.39 is 0 Å². The standard InChI is InChI=1S/C26H22N2/c1-18-11-14-23(19(2)15-18)26-27-24-9-5-6-10-25(24)28(26)17-20-12-13-21-7-3-4-8-22(21)16-20/h3-16H,17H2,1-2H3. The summed E-state index contributed by atoms with van der Waals surface area (Å²) in [7, 11) is 0. The number of hydrogen-bond donors (Lipinski definition) is 0. The number of nitrogens with zero attached hydrogens (tertiary/aromatic N) is 2. The number of imidazole rings is 1. The van der Waals surface area contributed by atoms with E-state index in [1.165, 1.54) is 38.5 Å². The quantitative estimate of drug-likeness (QED) is 0.357. The molecule has 1 heterocycles. The van der Waals surface area contributed by atoms with E-state index in [-0.39, 0.29) is 0 Å². The van der Waals surface area contributed by atoms with Crippen LogP contribution in [-0.2, 0) is 6.54 Å². The first-order valence-electron chi connectivity index (χ1n) is 9.69. The number of rotatable bonds is 3. The maximum Gasteiger partial charge on any atom is 0.141 e. The fourth-order valence-electron chi connectivity index (χ4n) is 4.03. The highest BCUT2D eigenvalue weighted by atomic mass is 15.1. The average Bonchev–Trinajstić information content (AvgIpc) is 3.06. The predicted molar refractivity (Wildman–Crippen MR) is 118 cm³/mol. The van der Waals surface area contributed by atoms with E-state index >= 15 is 0 Å². The molecule has 136 valence electrons. The SMILES string of the molecule is Cc1ccc(-c2nc3ccccc3n2Cc2ccc3ccccc3c2)c(C)c1. The van der Waals surface area contributed by atoms with Crippen LogP contribution in [0.4, 0.5) is 0 Å². The zero-order valence-corrected chi connectivity index (χ0v) is 16.2. The van der Waals surface area contributed by atoms with Gasteiger partial charge in [-0.05, 0) is 53.9 Å². The number of para-hydroxylation sites is 2. The van der Waals surface area contributed by atoms with E-state index in [0.717, 1.165) is 17.9 Å². The lowest BCUT2D eigenvalue weighted by Gasteiger charge is -2.12. The van der Waals surface area contributed by atoms with Crippen molar-refractivity contribution in [3.8, 4) is 11.4 Å². The van der Waals surface area contributed by atoms with Gasteiger partial charge in [-0.15, -0.1) is 0 Å². The van der Waals surface area contributed by atoms with Gasteiger partial charge < -0.3 is 4.57 Å². The number of aryl methyl sites for hydroxylation is 2. The molecule has 0 amide bonds. The van der Waals surface area contributed by atoms with Crippen LogP contribution < -0.4 is 0 Å². The van der Waals surface area contributed by atoms with Gasteiger partial charge in [0.15, 0.2) is 0 Å². The van der Waals surface area contributed by atoms with E-state index in [1.54, 1.807) is 0 Å². The Balaban J connectivity index is 1.68. The Bertz CT molecular complexity index is 1310. The number of benzene rings is 4. The molecule has 0 unspecified atom stereocenters. The lowest BCUT2D eigenvalue weighted by molar-refractivity contribution is 0.835. The monoisotopic (exact) mass is 362 g/mol. The zero-order valence-electron chi connectivity index (χ0n) is 16.2. The lowest BCUT2D eigenvalue weighted by atomic mass is 10.0. The molecule has 5 aromatic rings. The van der Waals surface area contributed by atoms with Crippen LogP contribution in [0.5, 0.6) is 0 Å². The molecule has 1 aromatic heterocycles. The minimum Gasteiger partial charge on any atom is -0.319 e. The number of aromatic nitrogens is 2. The topological polar surface area (TPSA) is 17.8 Å².